The Bertz CT molecular complexity index is 658. The van der Waals surface area contributed by atoms with Gasteiger partial charge < -0.3 is 0 Å². The van der Waals surface area contributed by atoms with Gasteiger partial charge in [-0.15, -0.1) is 0 Å². The van der Waals surface area contributed by atoms with Crippen LogP contribution in [0.4, 0.5) is 0 Å². The Morgan fingerprint density at radius 2 is 2.18 bits per heavy atom. The van der Waals surface area contributed by atoms with Crippen molar-refractivity contribution in [3.63, 3.8) is 0 Å². The monoisotopic (exact) mass is 247 g/mol. The third-order valence-electron chi connectivity index (χ3n) is 2.04. The summed E-state index contributed by atoms with van der Waals surface area (Å²) in [5.41, 5.74) is 0.806. The van der Waals surface area contributed by atoms with Gasteiger partial charge in [0.25, 0.3) is 5.56 Å². The third-order valence-corrected chi connectivity index (χ3v) is 2.31. The molecule has 0 aliphatic heterocycles. The smallest absolute Gasteiger partial charge is 0.265 e. The number of hydrogen-bond donors (Lipinski definition) is 1. The maximum absolute atomic E-state index is 11.7. The van der Waals surface area contributed by atoms with Crippen LogP contribution < -0.4 is 5.56 Å². The van der Waals surface area contributed by atoms with E-state index in [1.165, 1.54) is 6.21 Å². The number of aryl methyl sites for hydroxylation is 1. The molecule has 0 amide bonds. The maximum Gasteiger partial charge on any atom is 0.296 e. The summed E-state index contributed by atoms with van der Waals surface area (Å²) in [6.07, 6.45) is 4.82. The highest BCUT2D eigenvalue weighted by atomic mass is 32.1. The molecule has 0 unspecified atom stereocenters. The Morgan fingerprint density at radius 1 is 1.47 bits per heavy atom. The van der Waals surface area contributed by atoms with Crippen LogP contribution in [0.3, 0.4) is 0 Å². The van der Waals surface area contributed by atoms with Gasteiger partial charge >= 0.3 is 0 Å². The molecule has 0 saturated heterocycles. The third kappa shape index (κ3) is 2.51. The molecule has 6 nitrogen and oxygen atoms in total. The van der Waals surface area contributed by atoms with Gasteiger partial charge in [0.1, 0.15) is 5.69 Å². The maximum atomic E-state index is 11.7. The van der Waals surface area contributed by atoms with Gasteiger partial charge in [-0.1, -0.05) is 0 Å². The number of aromatic nitrogens is 4. The van der Waals surface area contributed by atoms with Gasteiger partial charge in [-0.05, 0) is 36.8 Å². The SMILES string of the molecule is Cc1n[nH]c(=S)n(/N=C\c2ccncc2)c1=O. The standard InChI is InChI=1S/C10H9N5OS/c1-7-9(16)15(10(17)14-13-7)12-6-8-2-4-11-5-3-8/h2-6H,1H3,(H,14,17)/b12-6-. The van der Waals surface area contributed by atoms with Crippen molar-refractivity contribution in [3.05, 3.63) is 50.9 Å². The predicted octanol–water partition coefficient (Wildman–Crippen LogP) is 0.887. The molecule has 0 aliphatic carbocycles. The van der Waals surface area contributed by atoms with Crippen molar-refractivity contribution in [1.29, 1.82) is 0 Å². The van der Waals surface area contributed by atoms with Crippen LogP contribution >= 0.6 is 12.2 Å². The van der Waals surface area contributed by atoms with Crippen LogP contribution in [-0.4, -0.2) is 26.1 Å². The van der Waals surface area contributed by atoms with Gasteiger partial charge in [0.05, 0.1) is 6.21 Å². The minimum absolute atomic E-state index is 0.158. The van der Waals surface area contributed by atoms with Crippen molar-refractivity contribution in [2.24, 2.45) is 5.10 Å². The van der Waals surface area contributed by atoms with Crippen LogP contribution in [0.5, 0.6) is 0 Å². The van der Waals surface area contributed by atoms with Crippen LogP contribution in [0, 0.1) is 11.7 Å². The first-order valence-corrected chi connectivity index (χ1v) is 5.22. The summed E-state index contributed by atoms with van der Waals surface area (Å²) in [6.45, 7) is 1.59. The molecule has 2 aromatic heterocycles. The van der Waals surface area contributed by atoms with Crippen molar-refractivity contribution in [2.45, 2.75) is 6.92 Å². The van der Waals surface area contributed by atoms with Crippen LogP contribution in [0.2, 0.25) is 0 Å². The summed E-state index contributed by atoms with van der Waals surface area (Å²) >= 11 is 4.93. The number of rotatable bonds is 2. The Hall–Kier alpha value is -2.15. The largest absolute Gasteiger partial charge is 0.296 e. The normalized spacial score (nSPS) is 10.9. The lowest BCUT2D eigenvalue weighted by Crippen LogP contribution is -2.22. The zero-order valence-electron chi connectivity index (χ0n) is 8.99. The fraction of sp³-hybridized carbons (Fsp3) is 0.100. The summed E-state index contributed by atoms with van der Waals surface area (Å²) in [5.74, 6) is 0. The van der Waals surface area contributed by atoms with Gasteiger partial charge in [-0.3, -0.25) is 14.9 Å². The summed E-state index contributed by atoms with van der Waals surface area (Å²) in [6, 6.07) is 3.55. The number of nitrogens with zero attached hydrogens (tertiary/aromatic N) is 4. The molecule has 1 N–H and O–H groups in total. The lowest BCUT2D eigenvalue weighted by atomic mass is 10.3. The molecule has 0 radical (unpaired) electrons. The van der Waals surface area contributed by atoms with E-state index in [1.54, 1.807) is 31.5 Å². The minimum Gasteiger partial charge on any atom is -0.265 e. The quantitative estimate of drug-likeness (QED) is 0.631. The first-order valence-electron chi connectivity index (χ1n) is 4.81. The Kier molecular flexibility index (Phi) is 3.20. The van der Waals surface area contributed by atoms with Gasteiger partial charge in [0.15, 0.2) is 0 Å². The predicted molar refractivity (Wildman–Crippen MR) is 65.6 cm³/mol. The highest BCUT2D eigenvalue weighted by Crippen LogP contribution is 1.92. The van der Waals surface area contributed by atoms with E-state index in [0.29, 0.717) is 5.69 Å². The van der Waals surface area contributed by atoms with E-state index >= 15 is 0 Å². The highest BCUT2D eigenvalue weighted by molar-refractivity contribution is 7.71. The molecule has 0 atom stereocenters. The second-order valence-corrected chi connectivity index (χ2v) is 3.64. The van der Waals surface area contributed by atoms with E-state index in [0.717, 1.165) is 10.2 Å². The Labute approximate surface area is 102 Å². The van der Waals surface area contributed by atoms with Crippen molar-refractivity contribution in [1.82, 2.24) is 19.9 Å². The molecule has 0 bridgehead atoms. The van der Waals surface area contributed by atoms with Gasteiger partial charge in [0.2, 0.25) is 4.77 Å². The van der Waals surface area contributed by atoms with Gasteiger partial charge in [-0.25, -0.2) is 0 Å². The second-order valence-electron chi connectivity index (χ2n) is 3.26. The molecule has 0 fully saturated rings. The van der Waals surface area contributed by atoms with E-state index < -0.39 is 0 Å². The molecular weight excluding hydrogens is 238 g/mol. The molecule has 2 heterocycles. The second kappa shape index (κ2) is 4.79. The van der Waals surface area contributed by atoms with Crippen molar-refractivity contribution >= 4 is 18.4 Å². The van der Waals surface area contributed by atoms with Crippen LogP contribution in [0.15, 0.2) is 34.4 Å². The summed E-state index contributed by atoms with van der Waals surface area (Å²) in [7, 11) is 0. The zero-order valence-corrected chi connectivity index (χ0v) is 9.81. The molecule has 0 saturated carbocycles. The van der Waals surface area contributed by atoms with E-state index in [-0.39, 0.29) is 10.3 Å². The van der Waals surface area contributed by atoms with Gasteiger partial charge in [0, 0.05) is 12.4 Å². The van der Waals surface area contributed by atoms with Crippen molar-refractivity contribution in [2.75, 3.05) is 0 Å². The molecule has 2 aromatic rings. The van der Waals surface area contributed by atoms with Crippen LogP contribution in [0.25, 0.3) is 0 Å². The molecule has 0 aliphatic rings. The lowest BCUT2D eigenvalue weighted by Gasteiger charge is -1.98. The minimum atomic E-state index is -0.334. The van der Waals surface area contributed by atoms with Crippen molar-refractivity contribution in [3.8, 4) is 0 Å². The Balaban J connectivity index is 2.44. The number of H-pyrrole nitrogens is 1. The average Bonchev–Trinajstić information content (AvgIpc) is 2.35. The summed E-state index contributed by atoms with van der Waals surface area (Å²) in [4.78, 5) is 15.6. The number of aromatic amines is 1. The first kappa shape index (κ1) is 11.3. The number of pyridine rings is 1. The van der Waals surface area contributed by atoms with E-state index in [1.807, 2.05) is 0 Å². The molecule has 86 valence electrons. The summed E-state index contributed by atoms with van der Waals surface area (Å²) in [5, 5.41) is 10.3. The molecule has 0 spiro atoms. The van der Waals surface area contributed by atoms with Crippen LogP contribution in [-0.2, 0) is 0 Å². The number of nitrogens with one attached hydrogen (secondary N) is 1. The fourth-order valence-corrected chi connectivity index (χ4v) is 1.33. The molecule has 0 aromatic carbocycles. The molecule has 2 rings (SSSR count). The zero-order chi connectivity index (χ0) is 12.3. The number of hydrogen-bond acceptors (Lipinski definition) is 5. The lowest BCUT2D eigenvalue weighted by molar-refractivity contribution is 0.720. The van der Waals surface area contributed by atoms with E-state index in [2.05, 4.69) is 20.3 Å². The fourth-order valence-electron chi connectivity index (χ4n) is 1.15. The highest BCUT2D eigenvalue weighted by Gasteiger charge is 2.00. The first-order chi connectivity index (χ1) is 8.18. The molecule has 17 heavy (non-hydrogen) atoms. The Morgan fingerprint density at radius 3 is 2.88 bits per heavy atom. The van der Waals surface area contributed by atoms with E-state index in [4.69, 9.17) is 12.2 Å². The summed E-state index contributed by atoms with van der Waals surface area (Å²) < 4.78 is 1.25. The van der Waals surface area contributed by atoms with Crippen LogP contribution in [0.1, 0.15) is 11.3 Å². The van der Waals surface area contributed by atoms with E-state index in [9.17, 15) is 4.79 Å². The molecule has 7 heteroatoms. The van der Waals surface area contributed by atoms with Crippen molar-refractivity contribution < 1.29 is 0 Å². The molecular formula is C10H9N5OS. The van der Waals surface area contributed by atoms with Gasteiger partial charge in [-0.2, -0.15) is 14.9 Å². The topological polar surface area (TPSA) is 75.9 Å². The average molecular weight is 247 g/mol.